The largest absolute Gasteiger partial charge is 0.467 e. The zero-order chi connectivity index (χ0) is 13.1. The Kier molecular flexibility index (Phi) is 4.51. The van der Waals surface area contributed by atoms with E-state index in [4.69, 9.17) is 10.5 Å². The molecule has 2 N–H and O–H groups in total. The number of carbonyl (C=O) groups excluding carboxylic acids is 2. The molecule has 5 nitrogen and oxygen atoms in total. The summed E-state index contributed by atoms with van der Waals surface area (Å²) in [5.74, 6) is -0.388. The lowest BCUT2D eigenvalue weighted by atomic mass is 9.89. The van der Waals surface area contributed by atoms with Crippen molar-refractivity contribution in [2.75, 3.05) is 20.2 Å². The van der Waals surface area contributed by atoms with Gasteiger partial charge in [-0.15, -0.1) is 0 Å². The molecule has 1 aliphatic heterocycles. The summed E-state index contributed by atoms with van der Waals surface area (Å²) in [6.07, 6.45) is 2.56. The molecule has 1 saturated heterocycles. The summed E-state index contributed by atoms with van der Waals surface area (Å²) in [6.45, 7) is 4.49. The number of hydrogen-bond acceptors (Lipinski definition) is 4. The fourth-order valence-electron chi connectivity index (χ4n) is 2.03. The fourth-order valence-corrected chi connectivity index (χ4v) is 2.03. The van der Waals surface area contributed by atoms with E-state index in [9.17, 15) is 9.59 Å². The molecule has 1 atom stereocenters. The molecule has 1 rings (SSSR count). The Balaban J connectivity index is 2.85. The van der Waals surface area contributed by atoms with E-state index in [0.717, 1.165) is 12.8 Å². The van der Waals surface area contributed by atoms with Crippen LogP contribution < -0.4 is 5.73 Å². The van der Waals surface area contributed by atoms with Gasteiger partial charge in [0.05, 0.1) is 12.5 Å². The average molecular weight is 242 g/mol. The highest BCUT2D eigenvalue weighted by atomic mass is 16.5. The molecule has 98 valence electrons. The summed E-state index contributed by atoms with van der Waals surface area (Å²) in [4.78, 5) is 25.6. The molecule has 0 aliphatic carbocycles. The van der Waals surface area contributed by atoms with E-state index in [2.05, 4.69) is 0 Å². The normalized spacial score (nSPS) is 21.2. The molecule has 0 spiro atoms. The van der Waals surface area contributed by atoms with Crippen molar-refractivity contribution in [3.05, 3.63) is 0 Å². The Morgan fingerprint density at radius 3 is 2.59 bits per heavy atom. The first-order valence-electron chi connectivity index (χ1n) is 6.03. The zero-order valence-electron chi connectivity index (χ0n) is 10.9. The molecule has 5 heteroatoms. The second-order valence-corrected chi connectivity index (χ2v) is 5.12. The number of amides is 1. The van der Waals surface area contributed by atoms with E-state index in [-0.39, 0.29) is 18.4 Å². The zero-order valence-corrected chi connectivity index (χ0v) is 10.9. The molecular weight excluding hydrogens is 220 g/mol. The second-order valence-electron chi connectivity index (χ2n) is 5.12. The number of likely N-dealkylation sites (tertiary alicyclic amines) is 1. The van der Waals surface area contributed by atoms with Gasteiger partial charge in [0.1, 0.15) is 6.04 Å². The molecule has 1 heterocycles. The van der Waals surface area contributed by atoms with Gasteiger partial charge >= 0.3 is 5.97 Å². The van der Waals surface area contributed by atoms with Crippen LogP contribution in [0.2, 0.25) is 0 Å². The summed E-state index contributed by atoms with van der Waals surface area (Å²) in [5, 5.41) is 0. The minimum atomic E-state index is -0.621. The maximum Gasteiger partial charge on any atom is 0.328 e. The molecule has 0 bridgehead atoms. The monoisotopic (exact) mass is 242 g/mol. The molecule has 17 heavy (non-hydrogen) atoms. The van der Waals surface area contributed by atoms with Gasteiger partial charge in [0.25, 0.3) is 0 Å². The van der Waals surface area contributed by atoms with E-state index in [1.54, 1.807) is 18.7 Å². The molecule has 1 unspecified atom stereocenters. The first-order chi connectivity index (χ1) is 7.94. The van der Waals surface area contributed by atoms with Crippen molar-refractivity contribution in [3.63, 3.8) is 0 Å². The van der Waals surface area contributed by atoms with Crippen molar-refractivity contribution in [3.8, 4) is 0 Å². The maximum absolute atomic E-state index is 12.3. The van der Waals surface area contributed by atoms with Crippen LogP contribution in [0.3, 0.4) is 0 Å². The number of methoxy groups -OCH3 is 1. The third-order valence-electron chi connectivity index (χ3n) is 3.33. The van der Waals surface area contributed by atoms with Gasteiger partial charge in [-0.05, 0) is 33.1 Å². The smallest absolute Gasteiger partial charge is 0.328 e. The molecule has 0 saturated carbocycles. The van der Waals surface area contributed by atoms with Crippen LogP contribution in [0.4, 0.5) is 0 Å². The maximum atomic E-state index is 12.3. The number of nitrogens with two attached hydrogens (primary N) is 1. The highest BCUT2D eigenvalue weighted by Crippen LogP contribution is 2.25. The van der Waals surface area contributed by atoms with Gasteiger partial charge in [-0.25, -0.2) is 4.79 Å². The number of hydrogen-bond donors (Lipinski definition) is 1. The number of carbonyl (C=O) groups is 2. The van der Waals surface area contributed by atoms with Crippen LogP contribution in [0.5, 0.6) is 0 Å². The van der Waals surface area contributed by atoms with Gasteiger partial charge in [-0.3, -0.25) is 4.79 Å². The summed E-state index contributed by atoms with van der Waals surface area (Å²) in [5.41, 5.74) is 4.98. The first-order valence-corrected chi connectivity index (χ1v) is 6.03. The van der Waals surface area contributed by atoms with Crippen LogP contribution in [0.1, 0.15) is 33.1 Å². The predicted molar refractivity (Wildman–Crippen MR) is 64.2 cm³/mol. The van der Waals surface area contributed by atoms with Crippen LogP contribution in [0, 0.1) is 5.41 Å². The lowest BCUT2D eigenvalue weighted by Crippen LogP contribution is -2.54. The number of rotatable bonds is 3. The van der Waals surface area contributed by atoms with Gasteiger partial charge in [0, 0.05) is 13.1 Å². The first kappa shape index (κ1) is 14.0. The second kappa shape index (κ2) is 5.49. The van der Waals surface area contributed by atoms with Crippen LogP contribution in [-0.4, -0.2) is 43.0 Å². The summed E-state index contributed by atoms with van der Waals surface area (Å²) in [7, 11) is 1.35. The lowest BCUT2D eigenvalue weighted by molar-refractivity contribution is -0.158. The highest BCUT2D eigenvalue weighted by Gasteiger charge is 2.38. The summed E-state index contributed by atoms with van der Waals surface area (Å²) >= 11 is 0. The molecule has 0 aromatic carbocycles. The fraction of sp³-hybridized carbons (Fsp3) is 0.833. The Labute approximate surface area is 102 Å². The van der Waals surface area contributed by atoms with Crippen molar-refractivity contribution >= 4 is 11.9 Å². The van der Waals surface area contributed by atoms with Crippen molar-refractivity contribution < 1.29 is 14.3 Å². The molecule has 1 fully saturated rings. The summed E-state index contributed by atoms with van der Waals surface area (Å²) < 4.78 is 4.75. The minimum absolute atomic E-state index is 0.0601. The average Bonchev–Trinajstić information content (AvgIpc) is 2.36. The van der Waals surface area contributed by atoms with Crippen LogP contribution in [0.15, 0.2) is 0 Å². The number of ether oxygens (including phenoxy) is 1. The third kappa shape index (κ3) is 2.97. The van der Waals surface area contributed by atoms with E-state index < -0.39 is 11.5 Å². The van der Waals surface area contributed by atoms with Crippen molar-refractivity contribution in [2.24, 2.45) is 11.1 Å². The van der Waals surface area contributed by atoms with Gasteiger partial charge < -0.3 is 15.4 Å². The van der Waals surface area contributed by atoms with Crippen LogP contribution >= 0.6 is 0 Å². The molecule has 1 aliphatic rings. The van der Waals surface area contributed by atoms with E-state index in [1.807, 2.05) is 0 Å². The minimum Gasteiger partial charge on any atom is -0.467 e. The van der Waals surface area contributed by atoms with Gasteiger partial charge in [0.15, 0.2) is 0 Å². The third-order valence-corrected chi connectivity index (χ3v) is 3.33. The van der Waals surface area contributed by atoms with E-state index in [0.29, 0.717) is 13.0 Å². The number of piperidine rings is 1. The Morgan fingerprint density at radius 2 is 2.06 bits per heavy atom. The van der Waals surface area contributed by atoms with Crippen LogP contribution in [-0.2, 0) is 14.3 Å². The SMILES string of the molecule is COC(=O)C1CCCCN1C(=O)C(C)(C)CN. The standard InChI is InChI=1S/C12H22N2O3/c1-12(2,8-13)11(16)14-7-5-4-6-9(14)10(15)17-3/h9H,4-8,13H2,1-3H3. The quantitative estimate of drug-likeness (QED) is 0.732. The van der Waals surface area contributed by atoms with Gasteiger partial charge in [-0.1, -0.05) is 0 Å². The van der Waals surface area contributed by atoms with Gasteiger partial charge in [-0.2, -0.15) is 0 Å². The molecular formula is C12H22N2O3. The lowest BCUT2D eigenvalue weighted by Gasteiger charge is -2.38. The van der Waals surface area contributed by atoms with Crippen molar-refractivity contribution in [1.29, 1.82) is 0 Å². The Bertz CT molecular complexity index is 302. The molecule has 0 aromatic rings. The molecule has 1 amide bonds. The van der Waals surface area contributed by atoms with Crippen molar-refractivity contribution in [1.82, 2.24) is 4.90 Å². The predicted octanol–water partition coefficient (Wildman–Crippen LogP) is 0.525. The van der Waals surface area contributed by atoms with Crippen LogP contribution in [0.25, 0.3) is 0 Å². The number of esters is 1. The highest BCUT2D eigenvalue weighted by molar-refractivity contribution is 5.88. The van der Waals surface area contributed by atoms with Crippen molar-refractivity contribution in [2.45, 2.75) is 39.2 Å². The molecule has 0 aromatic heterocycles. The Morgan fingerprint density at radius 1 is 1.41 bits per heavy atom. The number of nitrogens with zero attached hydrogens (tertiary/aromatic N) is 1. The Hall–Kier alpha value is -1.10. The van der Waals surface area contributed by atoms with Gasteiger partial charge in [0.2, 0.25) is 5.91 Å². The topological polar surface area (TPSA) is 72.6 Å². The molecule has 0 radical (unpaired) electrons. The summed E-state index contributed by atoms with van der Waals surface area (Å²) in [6, 6.07) is -0.438. The van der Waals surface area contributed by atoms with E-state index in [1.165, 1.54) is 7.11 Å². The van der Waals surface area contributed by atoms with E-state index >= 15 is 0 Å².